The van der Waals surface area contributed by atoms with Crippen molar-refractivity contribution in [2.75, 3.05) is 13.7 Å². The van der Waals surface area contributed by atoms with Crippen molar-refractivity contribution in [1.29, 1.82) is 0 Å². The summed E-state index contributed by atoms with van der Waals surface area (Å²) in [6, 6.07) is 7.39. The van der Waals surface area contributed by atoms with Gasteiger partial charge in [0.25, 0.3) is 16.8 Å². The van der Waals surface area contributed by atoms with E-state index in [4.69, 9.17) is 14.3 Å². The number of carboxylic acids is 1. The molecule has 1 saturated heterocycles. The van der Waals surface area contributed by atoms with Gasteiger partial charge in [0.05, 0.1) is 28.6 Å². The third kappa shape index (κ3) is 4.51. The summed E-state index contributed by atoms with van der Waals surface area (Å²) in [6.45, 7) is 0.00968. The van der Waals surface area contributed by atoms with E-state index in [0.29, 0.717) is 5.75 Å². The molecule has 0 atom stereocenters. The van der Waals surface area contributed by atoms with Crippen molar-refractivity contribution >= 4 is 40.6 Å². The van der Waals surface area contributed by atoms with Crippen LogP contribution >= 0.6 is 11.8 Å². The quantitative estimate of drug-likeness (QED) is 0.375. The van der Waals surface area contributed by atoms with E-state index in [0.717, 1.165) is 16.7 Å². The second-order valence-corrected chi connectivity index (χ2v) is 7.17. The fourth-order valence-electron chi connectivity index (χ4n) is 2.78. The van der Waals surface area contributed by atoms with Crippen LogP contribution in [0.25, 0.3) is 17.4 Å². The standard InChI is InChI=1S/C19H16N2O8S/c1-28-11-4-6-13(14(9-11)21(26)27)15-7-5-12(29-15)10-16-18(24)20(19(25)30-16)8-2-3-17(22)23/h4-7,9-10H,2-3,8H2,1H3,(H,22,23)/b16-10+. The second kappa shape index (κ2) is 8.82. The normalized spacial score (nSPS) is 15.1. The summed E-state index contributed by atoms with van der Waals surface area (Å²) in [7, 11) is 1.40. The van der Waals surface area contributed by atoms with E-state index in [-0.39, 0.29) is 47.1 Å². The van der Waals surface area contributed by atoms with Crippen molar-refractivity contribution in [3.63, 3.8) is 0 Å². The van der Waals surface area contributed by atoms with E-state index < -0.39 is 22.0 Å². The minimum Gasteiger partial charge on any atom is -0.497 e. The number of amides is 2. The zero-order valence-corrected chi connectivity index (χ0v) is 16.5. The van der Waals surface area contributed by atoms with Crippen molar-refractivity contribution in [2.45, 2.75) is 12.8 Å². The summed E-state index contributed by atoms with van der Waals surface area (Å²) < 4.78 is 10.6. The van der Waals surface area contributed by atoms with Crippen molar-refractivity contribution in [3.05, 3.63) is 51.1 Å². The smallest absolute Gasteiger partial charge is 0.303 e. The van der Waals surface area contributed by atoms with Crippen LogP contribution in [0.4, 0.5) is 10.5 Å². The predicted octanol–water partition coefficient (Wildman–Crippen LogP) is 3.76. The van der Waals surface area contributed by atoms with Gasteiger partial charge in [-0.1, -0.05) is 0 Å². The molecule has 11 heteroatoms. The lowest BCUT2D eigenvalue weighted by molar-refractivity contribution is -0.384. The second-order valence-electron chi connectivity index (χ2n) is 6.17. The fourth-order valence-corrected chi connectivity index (χ4v) is 3.63. The van der Waals surface area contributed by atoms with Crippen LogP contribution in [0.1, 0.15) is 18.6 Å². The molecule has 0 bridgehead atoms. The molecule has 1 aliphatic heterocycles. The largest absolute Gasteiger partial charge is 0.497 e. The van der Waals surface area contributed by atoms with Gasteiger partial charge in [-0.3, -0.25) is 29.4 Å². The van der Waals surface area contributed by atoms with Gasteiger partial charge in [-0.15, -0.1) is 0 Å². The Morgan fingerprint density at radius 3 is 2.77 bits per heavy atom. The van der Waals surface area contributed by atoms with Crippen LogP contribution in [0.2, 0.25) is 0 Å². The number of aliphatic carboxylic acids is 1. The van der Waals surface area contributed by atoms with Crippen LogP contribution in [-0.2, 0) is 9.59 Å². The molecule has 0 unspecified atom stereocenters. The Balaban J connectivity index is 1.81. The SMILES string of the molecule is COc1ccc(-c2ccc(/C=C3/SC(=O)N(CCCC(=O)O)C3=O)o2)c([N+](=O)[O-])c1. The Hall–Kier alpha value is -3.60. The Bertz CT molecular complexity index is 1060. The van der Waals surface area contributed by atoms with E-state index >= 15 is 0 Å². The van der Waals surface area contributed by atoms with Crippen LogP contribution in [-0.4, -0.2) is 45.7 Å². The first-order valence-corrected chi connectivity index (χ1v) is 9.51. The molecule has 1 N–H and O–H groups in total. The van der Waals surface area contributed by atoms with Gasteiger partial charge in [-0.25, -0.2) is 0 Å². The van der Waals surface area contributed by atoms with Crippen LogP contribution < -0.4 is 4.74 Å². The molecule has 2 aromatic rings. The third-order valence-electron chi connectivity index (χ3n) is 4.21. The first kappa shape index (κ1) is 21.1. The van der Waals surface area contributed by atoms with Crippen LogP contribution in [0, 0.1) is 10.1 Å². The lowest BCUT2D eigenvalue weighted by atomic mass is 10.1. The van der Waals surface area contributed by atoms with Crippen molar-refractivity contribution < 1.29 is 33.6 Å². The lowest BCUT2D eigenvalue weighted by Crippen LogP contribution is -2.29. The van der Waals surface area contributed by atoms with E-state index in [1.807, 2.05) is 0 Å². The molecule has 2 amide bonds. The van der Waals surface area contributed by atoms with Crippen molar-refractivity contribution in [1.82, 2.24) is 4.90 Å². The molecule has 10 nitrogen and oxygen atoms in total. The third-order valence-corrected chi connectivity index (χ3v) is 5.12. The zero-order chi connectivity index (χ0) is 21.8. The number of hydrogen-bond acceptors (Lipinski definition) is 8. The van der Waals surface area contributed by atoms with Crippen molar-refractivity contribution in [3.8, 4) is 17.1 Å². The van der Waals surface area contributed by atoms with Gasteiger partial charge in [0.1, 0.15) is 17.3 Å². The van der Waals surface area contributed by atoms with Gasteiger partial charge in [0.15, 0.2) is 0 Å². The molecule has 1 fully saturated rings. The summed E-state index contributed by atoms with van der Waals surface area (Å²) in [5.41, 5.74) is 0.0382. The molecule has 156 valence electrons. The number of nitro benzene ring substituents is 1. The number of thioether (sulfide) groups is 1. The van der Waals surface area contributed by atoms with Crippen LogP contribution in [0.3, 0.4) is 0 Å². The fraction of sp³-hybridized carbons (Fsp3) is 0.211. The molecule has 3 rings (SSSR count). The number of imide groups is 1. The monoisotopic (exact) mass is 432 g/mol. The molecular formula is C19H16N2O8S. The summed E-state index contributed by atoms with van der Waals surface area (Å²) in [5, 5.41) is 19.5. The highest BCUT2D eigenvalue weighted by molar-refractivity contribution is 8.18. The van der Waals surface area contributed by atoms with E-state index in [1.54, 1.807) is 6.07 Å². The summed E-state index contributed by atoms with van der Waals surface area (Å²) in [4.78, 5) is 47.0. The first-order valence-electron chi connectivity index (χ1n) is 8.70. The molecule has 0 saturated carbocycles. The Kier molecular flexibility index (Phi) is 6.21. The highest BCUT2D eigenvalue weighted by Crippen LogP contribution is 2.36. The number of hydrogen-bond donors (Lipinski definition) is 1. The predicted molar refractivity (Wildman–Crippen MR) is 107 cm³/mol. The molecule has 2 heterocycles. The topological polar surface area (TPSA) is 140 Å². The molecule has 1 aromatic carbocycles. The lowest BCUT2D eigenvalue weighted by Gasteiger charge is -2.10. The molecule has 0 aliphatic carbocycles. The maximum atomic E-state index is 12.4. The average molecular weight is 432 g/mol. The minimum atomic E-state index is -1.01. The number of ether oxygens (including phenoxy) is 1. The Morgan fingerprint density at radius 1 is 1.33 bits per heavy atom. The maximum absolute atomic E-state index is 12.4. The number of furan rings is 1. The molecular weight excluding hydrogens is 416 g/mol. The van der Waals surface area contributed by atoms with Gasteiger partial charge in [-0.05, 0) is 42.4 Å². The average Bonchev–Trinajstić information content (AvgIpc) is 3.27. The number of benzene rings is 1. The number of rotatable bonds is 8. The van der Waals surface area contributed by atoms with E-state index in [9.17, 15) is 24.5 Å². The number of carbonyl (C=O) groups excluding carboxylic acids is 2. The van der Waals surface area contributed by atoms with Gasteiger partial charge < -0.3 is 14.3 Å². The minimum absolute atomic E-state index is 0.00968. The maximum Gasteiger partial charge on any atom is 0.303 e. The van der Waals surface area contributed by atoms with E-state index in [1.165, 1.54) is 37.5 Å². The number of carboxylic acid groups (broad SMARTS) is 1. The molecule has 0 spiro atoms. The van der Waals surface area contributed by atoms with Gasteiger partial charge in [0.2, 0.25) is 0 Å². The Labute approximate surface area is 174 Å². The van der Waals surface area contributed by atoms with E-state index in [2.05, 4.69) is 0 Å². The molecule has 1 aliphatic rings. The summed E-state index contributed by atoms with van der Waals surface area (Å²) in [6.07, 6.45) is 1.39. The summed E-state index contributed by atoms with van der Waals surface area (Å²) >= 11 is 0.720. The summed E-state index contributed by atoms with van der Waals surface area (Å²) in [5.74, 6) is -0.756. The van der Waals surface area contributed by atoms with Gasteiger partial charge in [0, 0.05) is 19.0 Å². The van der Waals surface area contributed by atoms with Gasteiger partial charge >= 0.3 is 5.97 Å². The first-order chi connectivity index (χ1) is 14.3. The molecule has 1 aromatic heterocycles. The highest BCUT2D eigenvalue weighted by Gasteiger charge is 2.35. The highest BCUT2D eigenvalue weighted by atomic mass is 32.2. The zero-order valence-electron chi connectivity index (χ0n) is 15.7. The van der Waals surface area contributed by atoms with Gasteiger partial charge in [-0.2, -0.15) is 0 Å². The number of nitrogens with zero attached hydrogens (tertiary/aromatic N) is 2. The Morgan fingerprint density at radius 2 is 2.10 bits per heavy atom. The molecule has 0 radical (unpaired) electrons. The molecule has 30 heavy (non-hydrogen) atoms. The number of carbonyl (C=O) groups is 3. The van der Waals surface area contributed by atoms with Crippen LogP contribution in [0.15, 0.2) is 39.7 Å². The number of nitro groups is 1. The number of methoxy groups -OCH3 is 1. The van der Waals surface area contributed by atoms with Crippen LogP contribution in [0.5, 0.6) is 5.75 Å². The van der Waals surface area contributed by atoms with Crippen molar-refractivity contribution in [2.24, 2.45) is 0 Å².